The lowest BCUT2D eigenvalue weighted by Gasteiger charge is -2.25. The number of aromatic nitrogens is 2. The van der Waals surface area contributed by atoms with Gasteiger partial charge in [-0.05, 0) is 37.8 Å². The molecule has 1 aromatic heterocycles. The Morgan fingerprint density at radius 2 is 2.19 bits per heavy atom. The van der Waals surface area contributed by atoms with Crippen LogP contribution in [0.5, 0.6) is 0 Å². The van der Waals surface area contributed by atoms with Crippen LogP contribution >= 0.6 is 0 Å². The topological polar surface area (TPSA) is 58.2 Å². The first kappa shape index (κ1) is 12.8. The van der Waals surface area contributed by atoms with Crippen molar-refractivity contribution < 1.29 is 9.53 Å². The van der Waals surface area contributed by atoms with E-state index < -0.39 is 0 Å². The standard InChI is InChI=1S/C16H19N3O2/c20-16(14-8-4-10-21-14)19-9-3-7-13(19)15-17-11-5-1-2-6-12(11)18-15/h1-2,5-6,13-14H,3-4,7-10H2,(H,17,18)/t13-,14+/m0/s1. The van der Waals surface area contributed by atoms with E-state index in [-0.39, 0.29) is 18.1 Å². The van der Waals surface area contributed by atoms with E-state index in [1.54, 1.807) is 0 Å². The molecule has 110 valence electrons. The monoisotopic (exact) mass is 285 g/mol. The molecule has 2 fully saturated rings. The minimum atomic E-state index is -0.241. The van der Waals surface area contributed by atoms with Gasteiger partial charge in [0.2, 0.25) is 0 Å². The summed E-state index contributed by atoms with van der Waals surface area (Å²) < 4.78 is 5.55. The van der Waals surface area contributed by atoms with Crippen LogP contribution in [0, 0.1) is 0 Å². The molecule has 0 spiro atoms. The zero-order valence-corrected chi connectivity index (χ0v) is 11.9. The van der Waals surface area contributed by atoms with E-state index in [0.717, 1.165) is 49.1 Å². The van der Waals surface area contributed by atoms with Crippen molar-refractivity contribution in [1.82, 2.24) is 14.9 Å². The Kier molecular flexibility index (Phi) is 3.15. The lowest BCUT2D eigenvalue weighted by molar-refractivity contribution is -0.142. The molecule has 4 rings (SSSR count). The Bertz CT molecular complexity index is 627. The summed E-state index contributed by atoms with van der Waals surface area (Å²) >= 11 is 0. The van der Waals surface area contributed by atoms with Crippen LogP contribution in [0.1, 0.15) is 37.5 Å². The van der Waals surface area contributed by atoms with E-state index in [0.29, 0.717) is 6.61 Å². The summed E-state index contributed by atoms with van der Waals surface area (Å²) in [4.78, 5) is 22.6. The lowest BCUT2D eigenvalue weighted by Crippen LogP contribution is -2.38. The predicted octanol–water partition coefficient (Wildman–Crippen LogP) is 2.41. The molecule has 2 saturated heterocycles. The third-order valence-corrected chi connectivity index (χ3v) is 4.46. The number of para-hydroxylation sites is 2. The zero-order valence-electron chi connectivity index (χ0n) is 11.9. The van der Waals surface area contributed by atoms with Crippen molar-refractivity contribution >= 4 is 16.9 Å². The summed E-state index contributed by atoms with van der Waals surface area (Å²) in [7, 11) is 0. The van der Waals surface area contributed by atoms with Crippen LogP contribution in [-0.2, 0) is 9.53 Å². The normalized spacial score (nSPS) is 25.8. The molecule has 0 aliphatic carbocycles. The summed E-state index contributed by atoms with van der Waals surface area (Å²) in [5.74, 6) is 1.04. The van der Waals surface area contributed by atoms with Crippen LogP contribution in [0.2, 0.25) is 0 Å². The molecule has 21 heavy (non-hydrogen) atoms. The number of carbonyl (C=O) groups excluding carboxylic acids is 1. The van der Waals surface area contributed by atoms with Gasteiger partial charge in [0, 0.05) is 13.2 Å². The van der Waals surface area contributed by atoms with Crippen LogP contribution in [0.3, 0.4) is 0 Å². The van der Waals surface area contributed by atoms with Crippen molar-refractivity contribution in [2.45, 2.75) is 37.8 Å². The average molecular weight is 285 g/mol. The van der Waals surface area contributed by atoms with Gasteiger partial charge < -0.3 is 14.6 Å². The van der Waals surface area contributed by atoms with E-state index in [1.807, 2.05) is 29.2 Å². The number of hydrogen-bond acceptors (Lipinski definition) is 3. The number of imidazole rings is 1. The SMILES string of the molecule is O=C([C@H]1CCCO1)N1CCC[C@H]1c1nc2ccccc2[nH]1. The highest BCUT2D eigenvalue weighted by molar-refractivity contribution is 5.82. The number of ether oxygens (including phenoxy) is 1. The molecule has 0 saturated carbocycles. The fourth-order valence-electron chi connectivity index (χ4n) is 3.40. The maximum Gasteiger partial charge on any atom is 0.252 e. The van der Waals surface area contributed by atoms with Crippen LogP contribution in [0.4, 0.5) is 0 Å². The molecule has 5 nitrogen and oxygen atoms in total. The number of nitrogens with one attached hydrogen (secondary N) is 1. The van der Waals surface area contributed by atoms with Gasteiger partial charge in [0.15, 0.2) is 0 Å². The summed E-state index contributed by atoms with van der Waals surface area (Å²) in [6.45, 7) is 1.51. The second kappa shape index (κ2) is 5.15. The molecule has 1 N–H and O–H groups in total. The molecule has 2 atom stereocenters. The third kappa shape index (κ3) is 2.21. The van der Waals surface area contributed by atoms with E-state index >= 15 is 0 Å². The first-order chi connectivity index (χ1) is 10.3. The smallest absolute Gasteiger partial charge is 0.252 e. The van der Waals surface area contributed by atoms with Crippen molar-refractivity contribution in [3.63, 3.8) is 0 Å². The minimum absolute atomic E-state index is 0.0640. The summed E-state index contributed by atoms with van der Waals surface area (Å²) in [6, 6.07) is 8.06. The molecule has 0 radical (unpaired) electrons. The first-order valence-electron chi connectivity index (χ1n) is 7.69. The van der Waals surface area contributed by atoms with Gasteiger partial charge in [-0.25, -0.2) is 4.98 Å². The van der Waals surface area contributed by atoms with Gasteiger partial charge in [0.25, 0.3) is 5.91 Å². The van der Waals surface area contributed by atoms with Crippen LogP contribution < -0.4 is 0 Å². The Morgan fingerprint density at radius 1 is 1.29 bits per heavy atom. The fraction of sp³-hybridized carbons (Fsp3) is 0.500. The number of H-pyrrole nitrogens is 1. The average Bonchev–Trinajstić information content (AvgIpc) is 3.24. The van der Waals surface area contributed by atoms with Crippen molar-refractivity contribution in [1.29, 1.82) is 0 Å². The van der Waals surface area contributed by atoms with Crippen LogP contribution in [0.15, 0.2) is 24.3 Å². The second-order valence-electron chi connectivity index (χ2n) is 5.83. The number of nitrogens with zero attached hydrogens (tertiary/aromatic N) is 2. The second-order valence-corrected chi connectivity index (χ2v) is 5.83. The van der Waals surface area contributed by atoms with Gasteiger partial charge in [0.05, 0.1) is 17.1 Å². The maximum absolute atomic E-state index is 12.6. The molecule has 0 unspecified atom stereocenters. The summed E-state index contributed by atoms with van der Waals surface area (Å²) in [6.07, 6.45) is 3.59. The molecule has 0 bridgehead atoms. The number of carbonyl (C=O) groups is 1. The van der Waals surface area contributed by atoms with Gasteiger partial charge >= 0.3 is 0 Å². The highest BCUT2D eigenvalue weighted by Crippen LogP contribution is 2.33. The Hall–Kier alpha value is -1.88. The largest absolute Gasteiger partial charge is 0.368 e. The Morgan fingerprint density at radius 3 is 3.00 bits per heavy atom. The van der Waals surface area contributed by atoms with E-state index in [9.17, 15) is 4.79 Å². The molecular weight excluding hydrogens is 266 g/mol. The molecular formula is C16H19N3O2. The van der Waals surface area contributed by atoms with Gasteiger partial charge in [-0.3, -0.25) is 4.79 Å². The minimum Gasteiger partial charge on any atom is -0.368 e. The highest BCUT2D eigenvalue weighted by Gasteiger charge is 2.37. The highest BCUT2D eigenvalue weighted by atomic mass is 16.5. The maximum atomic E-state index is 12.6. The lowest BCUT2D eigenvalue weighted by atomic mass is 10.1. The number of hydrogen-bond donors (Lipinski definition) is 1. The quantitative estimate of drug-likeness (QED) is 0.921. The van der Waals surface area contributed by atoms with Gasteiger partial charge in [-0.2, -0.15) is 0 Å². The van der Waals surface area contributed by atoms with Gasteiger partial charge in [0.1, 0.15) is 11.9 Å². The number of amides is 1. The van der Waals surface area contributed by atoms with Crippen molar-refractivity contribution in [3.8, 4) is 0 Å². The first-order valence-corrected chi connectivity index (χ1v) is 7.69. The Balaban J connectivity index is 1.62. The summed E-state index contributed by atoms with van der Waals surface area (Å²) in [5.41, 5.74) is 1.99. The number of benzene rings is 1. The van der Waals surface area contributed by atoms with Crippen molar-refractivity contribution in [3.05, 3.63) is 30.1 Å². The molecule has 3 heterocycles. The molecule has 2 aromatic rings. The number of rotatable bonds is 2. The number of fused-ring (bicyclic) bond motifs is 1. The van der Waals surface area contributed by atoms with E-state index in [2.05, 4.69) is 9.97 Å². The molecule has 1 aromatic carbocycles. The van der Waals surface area contributed by atoms with Crippen molar-refractivity contribution in [2.75, 3.05) is 13.2 Å². The van der Waals surface area contributed by atoms with E-state index in [4.69, 9.17) is 4.74 Å². The zero-order chi connectivity index (χ0) is 14.2. The number of aromatic amines is 1. The number of likely N-dealkylation sites (tertiary alicyclic amines) is 1. The fourth-order valence-corrected chi connectivity index (χ4v) is 3.40. The predicted molar refractivity (Wildman–Crippen MR) is 78.8 cm³/mol. The van der Waals surface area contributed by atoms with Gasteiger partial charge in [-0.15, -0.1) is 0 Å². The van der Waals surface area contributed by atoms with Crippen molar-refractivity contribution in [2.24, 2.45) is 0 Å². The summed E-state index contributed by atoms with van der Waals surface area (Å²) in [5, 5.41) is 0. The Labute approximate surface area is 123 Å². The molecule has 5 heteroatoms. The molecule has 2 aliphatic rings. The third-order valence-electron chi connectivity index (χ3n) is 4.46. The van der Waals surface area contributed by atoms with E-state index in [1.165, 1.54) is 0 Å². The van der Waals surface area contributed by atoms with Crippen LogP contribution in [0.25, 0.3) is 11.0 Å². The van der Waals surface area contributed by atoms with Gasteiger partial charge in [-0.1, -0.05) is 12.1 Å². The molecule has 1 amide bonds. The van der Waals surface area contributed by atoms with Crippen LogP contribution in [-0.4, -0.2) is 40.0 Å². The molecule has 2 aliphatic heterocycles.